The summed E-state index contributed by atoms with van der Waals surface area (Å²) >= 11 is 0. The Balaban J connectivity index is 0.00000370. The molecule has 0 amide bonds. The zero-order valence-electron chi connectivity index (χ0n) is 45.6. The van der Waals surface area contributed by atoms with Crippen LogP contribution in [0.2, 0.25) is 133 Å². The van der Waals surface area contributed by atoms with Gasteiger partial charge in [-0.3, -0.25) is 0 Å². The molecule has 4 heterocycles. The minimum absolute atomic E-state index is 0.166. The lowest BCUT2D eigenvalue weighted by molar-refractivity contribution is 0.165. The molecule has 4 aliphatic rings. The first kappa shape index (κ1) is 69.6. The van der Waals surface area contributed by atoms with Gasteiger partial charge in [0.2, 0.25) is 0 Å². The van der Waals surface area contributed by atoms with Gasteiger partial charge in [-0.05, 0) is 140 Å². The average Bonchev–Trinajstić information content (AvgIpc) is 3.24. The summed E-state index contributed by atoms with van der Waals surface area (Å²) < 4.78 is 123. The molecule has 4 fully saturated rings. The van der Waals surface area contributed by atoms with Crippen molar-refractivity contribution in [2.24, 2.45) is 0 Å². The van der Waals surface area contributed by atoms with Gasteiger partial charge in [0, 0.05) is 6.10 Å². The normalized spacial score (nSPS) is 36.3. The highest BCUT2D eigenvalue weighted by molar-refractivity contribution is 6.84. The molecule has 4 aliphatic heterocycles. The van der Waals surface area contributed by atoms with Crippen molar-refractivity contribution in [3.63, 3.8) is 0 Å². The van der Waals surface area contributed by atoms with Crippen LogP contribution in [0.1, 0.15) is 48.5 Å². The maximum Gasteiger partial charge on any atom is 0.635 e. The topological polar surface area (TPSA) is 175 Å². The molecule has 0 aromatic heterocycles. The molecule has 0 N–H and O–H groups in total. The predicted octanol–water partition coefficient (Wildman–Crippen LogP) is -0.143. The van der Waals surface area contributed by atoms with Crippen molar-refractivity contribution >= 4 is 186 Å². The molecule has 0 spiro atoms. The van der Waals surface area contributed by atoms with E-state index in [-0.39, 0.29) is 6.10 Å². The average molecular weight is 1310 g/mol. The molecule has 0 aromatic carbocycles. The van der Waals surface area contributed by atoms with Crippen LogP contribution in [0.15, 0.2) is 0 Å². The van der Waals surface area contributed by atoms with E-state index in [1.54, 1.807) is 0 Å². The van der Waals surface area contributed by atoms with E-state index in [4.69, 9.17) is 78.5 Å². The maximum atomic E-state index is 7.34. The second kappa shape index (κ2) is 39.9. The van der Waals surface area contributed by atoms with E-state index in [2.05, 4.69) is 85.5 Å². The Bertz CT molecular complexity index is 1170. The number of hydrogen-bond donors (Lipinski definition) is 0. The first-order chi connectivity index (χ1) is 32.4. The lowest BCUT2D eigenvalue weighted by Gasteiger charge is -2.38. The van der Waals surface area contributed by atoms with Crippen LogP contribution in [0.4, 0.5) is 0 Å². The van der Waals surface area contributed by atoms with Crippen LogP contribution in [0.5, 0.6) is 0 Å². The van der Waals surface area contributed by atoms with Gasteiger partial charge in [0.1, 0.15) is 0 Å². The predicted molar refractivity (Wildman–Crippen MR) is 324 cm³/mol. The molecule has 4 saturated heterocycles. The third-order valence-electron chi connectivity index (χ3n) is 9.98. The highest BCUT2D eigenvalue weighted by atomic mass is 28.5. The Morgan fingerprint density at radius 3 is 1.28 bits per heavy atom. The van der Waals surface area contributed by atoms with Crippen LogP contribution in [-0.4, -0.2) is 192 Å². The third kappa shape index (κ3) is 31.7. The Morgan fingerprint density at radius 1 is 0.456 bits per heavy atom. The Morgan fingerprint density at radius 2 is 0.809 bits per heavy atom. The molecular weight excluding hydrogens is 1210 g/mol. The van der Waals surface area contributed by atoms with Gasteiger partial charge in [-0.2, -0.15) is 0 Å². The standard InChI is InChI=1S/C23H80O19Si20.3C2H6/c1-23-22-47(2)30-49(4)36-57(24-23)17-14-43-27-62(28-44-15-18-58-26-46-25-48(3)31-52(7)37-58,29-45-16-19-59-38-53(8)32-50(5)33-54(9)39-59)42-61(12,13)21-20-60-40-55(10)34-51(6)35-56(11)41-60;3*1-2/h23,47-60H,14-22,43-46H2,1-13H3;3*1-2H3. The summed E-state index contributed by atoms with van der Waals surface area (Å²) in [7, 11) is -35.6. The highest BCUT2D eigenvalue weighted by Gasteiger charge is 2.49. The molecule has 12 atom stereocenters. The number of hydrogen-bond acceptors (Lipinski definition) is 19. The van der Waals surface area contributed by atoms with Crippen molar-refractivity contribution in [3.05, 3.63) is 0 Å². The molecule has 0 radical (unpaired) electrons. The van der Waals surface area contributed by atoms with Gasteiger partial charge in [0.25, 0.3) is 93.6 Å². The highest BCUT2D eigenvalue weighted by Crippen LogP contribution is 2.27. The molecule has 4 rings (SSSR count). The van der Waals surface area contributed by atoms with Gasteiger partial charge >= 0.3 is 46.2 Å². The second-order valence-electron chi connectivity index (χ2n) is 16.8. The molecule has 0 aliphatic carbocycles. The summed E-state index contributed by atoms with van der Waals surface area (Å²) in [6.07, 6.45) is 0.166. The SMILES string of the molecule is CC.CC.CC.CC1C[SiH](C)O[SiH](C)O[SiH](CC[SiH2]O[Si](O[SiH2]CC[SiH]2O[SiH2]O[SiH](C)O[SiH](C)O2)(O[SiH2]CC[SiH]2O[SiH](C)O[SiH](C)O[SiH](C)O2)O[Si](C)(C)CC[SiH]2O[SiH](C)O[SiH](C)O[SiH](C)O2)O1. The van der Waals surface area contributed by atoms with E-state index >= 15 is 0 Å². The molecule has 0 saturated carbocycles. The van der Waals surface area contributed by atoms with Crippen molar-refractivity contribution in [1.82, 2.24) is 0 Å². The first-order valence-electron chi connectivity index (χ1n) is 25.7. The van der Waals surface area contributed by atoms with Crippen molar-refractivity contribution in [1.29, 1.82) is 0 Å². The fourth-order valence-electron chi connectivity index (χ4n) is 7.41. The fourth-order valence-corrected chi connectivity index (χ4v) is 73.6. The minimum Gasteiger partial charge on any atom is -0.441 e. The molecule has 39 heteroatoms. The summed E-state index contributed by atoms with van der Waals surface area (Å²) in [5.41, 5.74) is 0. The van der Waals surface area contributed by atoms with Crippen molar-refractivity contribution in [2.75, 3.05) is 0 Å². The van der Waals surface area contributed by atoms with Gasteiger partial charge in [-0.1, -0.05) is 41.5 Å². The zero-order valence-corrected chi connectivity index (χ0v) is 69.4. The van der Waals surface area contributed by atoms with Crippen LogP contribution in [0.25, 0.3) is 0 Å². The van der Waals surface area contributed by atoms with Gasteiger partial charge in [0.05, 0.1) is 0 Å². The third-order valence-corrected chi connectivity index (χ3v) is 71.6. The van der Waals surface area contributed by atoms with Crippen LogP contribution in [0.3, 0.4) is 0 Å². The monoisotopic (exact) mass is 1310 g/mol. The van der Waals surface area contributed by atoms with E-state index in [9.17, 15) is 0 Å². The zero-order chi connectivity index (χ0) is 51.3. The van der Waals surface area contributed by atoms with Gasteiger partial charge in [-0.15, -0.1) is 0 Å². The van der Waals surface area contributed by atoms with Gasteiger partial charge in [0.15, 0.2) is 46.6 Å². The van der Waals surface area contributed by atoms with E-state index in [1.165, 1.54) is 0 Å². The Labute approximate surface area is 448 Å². The molecule has 0 bridgehead atoms. The molecule has 0 aromatic rings. The van der Waals surface area contributed by atoms with Gasteiger partial charge < -0.3 is 78.5 Å². The van der Waals surface area contributed by atoms with Crippen LogP contribution >= 0.6 is 0 Å². The summed E-state index contributed by atoms with van der Waals surface area (Å²) in [5, 5.41) is 0. The molecule has 19 nitrogen and oxygen atoms in total. The minimum atomic E-state index is -3.59. The lowest BCUT2D eigenvalue weighted by atomic mass is 10.5. The van der Waals surface area contributed by atoms with Gasteiger partial charge in [-0.25, -0.2) is 0 Å². The summed E-state index contributed by atoms with van der Waals surface area (Å²) in [4.78, 5) is 0. The first-order valence-corrected chi connectivity index (χ1v) is 64.7. The van der Waals surface area contributed by atoms with Crippen LogP contribution < -0.4 is 0 Å². The van der Waals surface area contributed by atoms with E-state index in [0.717, 1.165) is 54.4 Å². The quantitative estimate of drug-likeness (QED) is 0.116. The van der Waals surface area contributed by atoms with Crippen molar-refractivity contribution < 1.29 is 78.5 Å². The summed E-state index contributed by atoms with van der Waals surface area (Å²) in [6, 6.07) is 7.88. The van der Waals surface area contributed by atoms with E-state index in [0.29, 0.717) is 0 Å². The fraction of sp³-hybridized carbons (Fsp3) is 1.00. The maximum absolute atomic E-state index is 7.34. The van der Waals surface area contributed by atoms with Crippen molar-refractivity contribution in [2.45, 2.75) is 188 Å². The van der Waals surface area contributed by atoms with Crippen LogP contribution in [-0.2, 0) is 78.5 Å². The van der Waals surface area contributed by atoms with Crippen LogP contribution in [0, 0.1) is 0 Å². The Kier molecular flexibility index (Phi) is 40.8. The van der Waals surface area contributed by atoms with E-state index in [1.807, 2.05) is 41.5 Å². The largest absolute Gasteiger partial charge is 0.635 e. The molecule has 68 heavy (non-hydrogen) atoms. The molecular formula is C29H98O19Si20. The lowest BCUT2D eigenvalue weighted by Crippen LogP contribution is -2.58. The Hall–Kier alpha value is 3.58. The second-order valence-corrected chi connectivity index (χ2v) is 63.7. The van der Waals surface area contributed by atoms with E-state index < -0.39 is 186 Å². The molecule has 12 unspecified atom stereocenters. The van der Waals surface area contributed by atoms with Crippen molar-refractivity contribution in [3.8, 4) is 0 Å². The summed E-state index contributed by atoms with van der Waals surface area (Å²) in [6.45, 7) is 39.6. The smallest absolute Gasteiger partial charge is 0.441 e. The molecule has 408 valence electrons. The summed E-state index contributed by atoms with van der Waals surface area (Å²) in [5.74, 6) is 0. The number of rotatable bonds is 20.